The Labute approximate surface area is 207 Å². The lowest BCUT2D eigenvalue weighted by Gasteiger charge is -2.18. The van der Waals surface area contributed by atoms with E-state index >= 15 is 0 Å². The van der Waals surface area contributed by atoms with Crippen molar-refractivity contribution in [3.8, 4) is 11.4 Å². The average molecular weight is 496 g/mol. The van der Waals surface area contributed by atoms with Crippen LogP contribution in [0.2, 0.25) is 5.02 Å². The van der Waals surface area contributed by atoms with Gasteiger partial charge >= 0.3 is 0 Å². The number of carbonyl (C=O) groups excluding carboxylic acids is 1. The molecule has 182 valence electrons. The number of hydrogen-bond donors (Lipinski definition) is 2. The molecule has 35 heavy (non-hydrogen) atoms. The molecule has 0 unspecified atom stereocenters. The van der Waals surface area contributed by atoms with Crippen LogP contribution < -0.4 is 10.6 Å². The summed E-state index contributed by atoms with van der Waals surface area (Å²) < 4.78 is 6.89. The zero-order valence-electron chi connectivity index (χ0n) is 20.3. The number of nitrogens with one attached hydrogen (secondary N) is 2. The van der Waals surface area contributed by atoms with Crippen LogP contribution in [-0.4, -0.2) is 40.8 Å². The molecule has 0 saturated heterocycles. The molecular formula is C23H26ClN9O2. The molecule has 3 heterocycles. The van der Waals surface area contributed by atoms with Crippen LogP contribution in [0.25, 0.3) is 11.4 Å². The molecule has 0 fully saturated rings. The summed E-state index contributed by atoms with van der Waals surface area (Å²) in [7, 11) is 1.83. The third-order valence-corrected chi connectivity index (χ3v) is 5.78. The highest BCUT2D eigenvalue weighted by Crippen LogP contribution is 2.33. The third kappa shape index (κ3) is 5.29. The lowest BCUT2D eigenvalue weighted by Crippen LogP contribution is -2.28. The van der Waals surface area contributed by atoms with Crippen LogP contribution >= 0.6 is 11.6 Å². The summed E-state index contributed by atoms with van der Waals surface area (Å²) in [5, 5.41) is 14.4. The minimum atomic E-state index is -0.446. The monoisotopic (exact) mass is 495 g/mol. The Morgan fingerprint density at radius 3 is 2.63 bits per heavy atom. The van der Waals surface area contributed by atoms with Crippen molar-refractivity contribution in [1.82, 2.24) is 40.2 Å². The van der Waals surface area contributed by atoms with Crippen LogP contribution in [0.4, 0.5) is 11.6 Å². The molecule has 12 heteroatoms. The molecule has 4 aromatic rings. The number of halogens is 1. The zero-order chi connectivity index (χ0) is 25.3. The first kappa shape index (κ1) is 24.3. The highest BCUT2D eigenvalue weighted by atomic mass is 35.5. The van der Waals surface area contributed by atoms with Crippen molar-refractivity contribution in [3.63, 3.8) is 0 Å². The normalized spacial score (nSPS) is 12.4. The summed E-state index contributed by atoms with van der Waals surface area (Å²) in [4.78, 5) is 29.9. The van der Waals surface area contributed by atoms with Gasteiger partial charge in [-0.1, -0.05) is 49.7 Å². The van der Waals surface area contributed by atoms with E-state index in [9.17, 15) is 4.79 Å². The summed E-state index contributed by atoms with van der Waals surface area (Å²) in [5.41, 5.74) is 2.68. The van der Waals surface area contributed by atoms with Crippen molar-refractivity contribution in [1.29, 1.82) is 0 Å². The molecule has 3 aromatic heterocycles. The molecule has 0 aliphatic carbocycles. The molecule has 0 saturated carbocycles. The quantitative estimate of drug-likeness (QED) is 0.404. The second-order valence-corrected chi connectivity index (χ2v) is 9.55. The van der Waals surface area contributed by atoms with Gasteiger partial charge in [0.05, 0.1) is 17.9 Å². The van der Waals surface area contributed by atoms with E-state index in [0.717, 1.165) is 22.4 Å². The molecule has 1 aromatic carbocycles. The molecule has 0 bridgehead atoms. The molecule has 2 N–H and O–H groups in total. The van der Waals surface area contributed by atoms with Gasteiger partial charge in [0.2, 0.25) is 11.8 Å². The Bertz CT molecular complexity index is 1370. The van der Waals surface area contributed by atoms with Gasteiger partial charge in [0.25, 0.3) is 11.7 Å². The molecule has 0 aliphatic rings. The Kier molecular flexibility index (Phi) is 6.53. The van der Waals surface area contributed by atoms with Crippen LogP contribution in [0.5, 0.6) is 0 Å². The van der Waals surface area contributed by atoms with Gasteiger partial charge in [-0.2, -0.15) is 15.1 Å². The smallest absolute Gasteiger partial charge is 0.293 e. The Morgan fingerprint density at radius 1 is 1.20 bits per heavy atom. The SMILES string of the molecule is Cc1c(-c2ncnc(Nc3cnn(C)c3)n2)ccc([C@H](C)NC(=O)c2noc(C(C)(C)C)n2)c1Cl. The van der Waals surface area contributed by atoms with Crippen molar-refractivity contribution < 1.29 is 9.32 Å². The van der Waals surface area contributed by atoms with E-state index in [4.69, 9.17) is 16.1 Å². The van der Waals surface area contributed by atoms with Gasteiger partial charge < -0.3 is 15.2 Å². The van der Waals surface area contributed by atoms with Crippen LogP contribution in [0.15, 0.2) is 35.4 Å². The Morgan fingerprint density at radius 2 is 1.97 bits per heavy atom. The summed E-state index contributed by atoms with van der Waals surface area (Å²) in [6, 6.07) is 3.30. The molecule has 4 rings (SSSR count). The number of rotatable bonds is 6. The van der Waals surface area contributed by atoms with E-state index in [2.05, 4.69) is 40.8 Å². The van der Waals surface area contributed by atoms with Crippen LogP contribution in [0, 0.1) is 6.92 Å². The van der Waals surface area contributed by atoms with E-state index < -0.39 is 11.9 Å². The van der Waals surface area contributed by atoms with Crippen molar-refractivity contribution in [2.45, 2.75) is 46.1 Å². The number of carbonyl (C=O) groups is 1. The first-order valence-corrected chi connectivity index (χ1v) is 11.3. The largest absolute Gasteiger partial charge is 0.343 e. The Hall–Kier alpha value is -3.86. The van der Waals surface area contributed by atoms with Crippen molar-refractivity contribution in [2.75, 3.05) is 5.32 Å². The topological polar surface area (TPSA) is 137 Å². The number of hydrogen-bond acceptors (Lipinski definition) is 9. The lowest BCUT2D eigenvalue weighted by molar-refractivity contribution is 0.0926. The van der Waals surface area contributed by atoms with Crippen molar-refractivity contribution >= 4 is 29.1 Å². The third-order valence-electron chi connectivity index (χ3n) is 5.27. The average Bonchev–Trinajstić information content (AvgIpc) is 3.45. The van der Waals surface area contributed by atoms with Gasteiger partial charge in [-0.25, -0.2) is 9.97 Å². The van der Waals surface area contributed by atoms with Crippen LogP contribution in [-0.2, 0) is 12.5 Å². The van der Waals surface area contributed by atoms with Crippen molar-refractivity contribution in [3.05, 3.63) is 58.7 Å². The highest BCUT2D eigenvalue weighted by molar-refractivity contribution is 6.32. The van der Waals surface area contributed by atoms with Gasteiger partial charge in [-0.05, 0) is 25.0 Å². The first-order chi connectivity index (χ1) is 16.5. The van der Waals surface area contributed by atoms with Gasteiger partial charge in [-0.3, -0.25) is 9.48 Å². The molecule has 0 radical (unpaired) electrons. The molecule has 11 nitrogen and oxygen atoms in total. The van der Waals surface area contributed by atoms with Gasteiger partial charge in [0.1, 0.15) is 6.33 Å². The van der Waals surface area contributed by atoms with Gasteiger partial charge in [-0.15, -0.1) is 0 Å². The first-order valence-electron chi connectivity index (χ1n) is 10.9. The molecule has 1 atom stereocenters. The number of benzene rings is 1. The number of aryl methyl sites for hydroxylation is 1. The van der Waals surface area contributed by atoms with Gasteiger partial charge in [0, 0.05) is 29.2 Å². The molecule has 1 amide bonds. The predicted molar refractivity (Wildman–Crippen MR) is 130 cm³/mol. The maximum atomic E-state index is 12.7. The minimum Gasteiger partial charge on any atom is -0.343 e. The summed E-state index contributed by atoms with van der Waals surface area (Å²) in [6.45, 7) is 9.50. The fourth-order valence-electron chi connectivity index (χ4n) is 3.34. The maximum Gasteiger partial charge on any atom is 0.293 e. The highest BCUT2D eigenvalue weighted by Gasteiger charge is 2.25. The number of anilines is 2. The van der Waals surface area contributed by atoms with Crippen LogP contribution in [0.3, 0.4) is 0 Å². The Balaban J connectivity index is 1.53. The molecule has 0 spiro atoms. The number of aromatic nitrogens is 7. The van der Waals surface area contributed by atoms with E-state index in [1.54, 1.807) is 10.9 Å². The molecule has 0 aliphatic heterocycles. The maximum absolute atomic E-state index is 12.7. The number of nitrogens with zero attached hydrogens (tertiary/aromatic N) is 7. The summed E-state index contributed by atoms with van der Waals surface area (Å²) >= 11 is 6.71. The van der Waals surface area contributed by atoms with E-state index in [1.807, 2.05) is 60.0 Å². The standard InChI is InChI=1S/C23H26ClN9O2/c1-12-15(18-25-11-26-22(31-18)29-14-9-27-33(6)10-14)7-8-16(17(12)24)13(2)28-20(34)19-30-21(35-32-19)23(3,4)5/h7-11,13H,1-6H3,(H,28,34)(H,25,26,29,31)/t13-/m0/s1. The van der Waals surface area contributed by atoms with Gasteiger partial charge in [0.15, 0.2) is 5.82 Å². The zero-order valence-corrected chi connectivity index (χ0v) is 21.0. The predicted octanol–water partition coefficient (Wildman–Crippen LogP) is 4.15. The number of amides is 1. The van der Waals surface area contributed by atoms with E-state index in [-0.39, 0.29) is 11.2 Å². The second kappa shape index (κ2) is 9.41. The second-order valence-electron chi connectivity index (χ2n) is 9.17. The van der Waals surface area contributed by atoms with Crippen molar-refractivity contribution in [2.24, 2.45) is 7.05 Å². The lowest BCUT2D eigenvalue weighted by atomic mass is 9.97. The van der Waals surface area contributed by atoms with Crippen LogP contribution in [0.1, 0.15) is 61.4 Å². The fourth-order valence-corrected chi connectivity index (χ4v) is 3.67. The summed E-state index contributed by atoms with van der Waals surface area (Å²) in [5.74, 6) is 0.778. The fraction of sp³-hybridized carbons (Fsp3) is 0.348. The van der Waals surface area contributed by atoms with E-state index in [0.29, 0.717) is 22.7 Å². The van der Waals surface area contributed by atoms with E-state index in [1.165, 1.54) is 6.33 Å². The minimum absolute atomic E-state index is 0.0231. The molecular weight excluding hydrogens is 470 g/mol. The summed E-state index contributed by atoms with van der Waals surface area (Å²) in [6.07, 6.45) is 4.92.